The van der Waals surface area contributed by atoms with E-state index in [9.17, 15) is 14.7 Å². The molecule has 90 valence electrons. The minimum atomic E-state index is -0.785. The predicted octanol–water partition coefficient (Wildman–Crippen LogP) is -0.166. The van der Waals surface area contributed by atoms with Gasteiger partial charge in [0.05, 0.1) is 12.8 Å². The van der Waals surface area contributed by atoms with Crippen molar-refractivity contribution in [1.29, 1.82) is 0 Å². The molecule has 2 rings (SSSR count). The second-order valence-electron chi connectivity index (χ2n) is 3.64. The number of carbonyl (C=O) groups excluding carboxylic acids is 1. The Hall–Kier alpha value is -2.31. The van der Waals surface area contributed by atoms with Crippen molar-refractivity contribution in [2.24, 2.45) is 7.05 Å². The van der Waals surface area contributed by atoms with Gasteiger partial charge in [0.15, 0.2) is 11.3 Å². The lowest BCUT2D eigenvalue weighted by molar-refractivity contribution is 0.0590. The molecule has 0 saturated carbocycles. The number of methoxy groups -OCH3 is 1. The van der Waals surface area contributed by atoms with Gasteiger partial charge in [-0.05, 0) is 6.92 Å². The molecule has 0 aliphatic rings. The highest BCUT2D eigenvalue weighted by molar-refractivity contribution is 5.93. The Bertz CT molecular complexity index is 668. The summed E-state index contributed by atoms with van der Waals surface area (Å²) < 4.78 is 7.01. The van der Waals surface area contributed by atoms with Crippen LogP contribution in [0.1, 0.15) is 16.2 Å². The maximum Gasteiger partial charge on any atom is 0.362 e. The van der Waals surface area contributed by atoms with Crippen LogP contribution in [-0.2, 0) is 11.8 Å². The molecule has 0 amide bonds. The molecule has 7 heteroatoms. The number of ether oxygens (including phenoxy) is 1. The molecular weight excluding hydrogens is 226 g/mol. The first-order chi connectivity index (χ1) is 7.97. The Labute approximate surface area is 95.9 Å². The second-order valence-corrected chi connectivity index (χ2v) is 3.64. The summed E-state index contributed by atoms with van der Waals surface area (Å²) in [6, 6.07) is 0. The molecule has 7 nitrogen and oxygen atoms in total. The summed E-state index contributed by atoms with van der Waals surface area (Å²) >= 11 is 0. The van der Waals surface area contributed by atoms with Crippen LogP contribution >= 0.6 is 0 Å². The molecule has 0 fully saturated rings. The zero-order valence-electron chi connectivity index (χ0n) is 9.59. The van der Waals surface area contributed by atoms with Crippen molar-refractivity contribution in [3.05, 3.63) is 27.9 Å². The molecule has 0 aliphatic carbocycles. The van der Waals surface area contributed by atoms with E-state index < -0.39 is 17.3 Å². The van der Waals surface area contributed by atoms with Crippen LogP contribution in [0.25, 0.3) is 5.52 Å². The Morgan fingerprint density at radius 1 is 1.53 bits per heavy atom. The van der Waals surface area contributed by atoms with Crippen LogP contribution in [0.2, 0.25) is 0 Å². The molecular formula is C10H11N3O4. The van der Waals surface area contributed by atoms with E-state index in [1.54, 1.807) is 20.2 Å². The zero-order chi connectivity index (χ0) is 12.7. The van der Waals surface area contributed by atoms with Gasteiger partial charge in [0.1, 0.15) is 0 Å². The number of rotatable bonds is 1. The molecule has 0 radical (unpaired) electrons. The number of fused-ring (bicyclic) bond motifs is 1. The first-order valence-electron chi connectivity index (χ1n) is 4.83. The molecule has 0 atom stereocenters. The Morgan fingerprint density at radius 3 is 2.76 bits per heavy atom. The monoisotopic (exact) mass is 237 g/mol. The van der Waals surface area contributed by atoms with E-state index in [2.05, 4.69) is 9.84 Å². The summed E-state index contributed by atoms with van der Waals surface area (Å²) in [5.41, 5.74) is -0.116. The first kappa shape index (κ1) is 11.2. The van der Waals surface area contributed by atoms with Crippen LogP contribution in [0.15, 0.2) is 11.0 Å². The fourth-order valence-electron chi connectivity index (χ4n) is 1.65. The lowest BCUT2D eigenvalue weighted by Gasteiger charge is -2.01. The van der Waals surface area contributed by atoms with E-state index in [1.807, 2.05) is 0 Å². The minimum absolute atomic E-state index is 0.0344. The normalized spacial score (nSPS) is 10.8. The van der Waals surface area contributed by atoms with E-state index in [0.29, 0.717) is 5.69 Å². The molecule has 2 aromatic heterocycles. The minimum Gasteiger partial charge on any atom is -0.503 e. The number of aromatic nitrogens is 3. The van der Waals surface area contributed by atoms with Crippen LogP contribution in [0.5, 0.6) is 5.75 Å². The number of aromatic hydroxyl groups is 1. The summed E-state index contributed by atoms with van der Waals surface area (Å²) in [5.74, 6) is -1.24. The number of nitrogens with zero attached hydrogens (tertiary/aromatic N) is 3. The molecule has 1 N–H and O–H groups in total. The lowest BCUT2D eigenvalue weighted by atomic mass is 10.3. The molecule has 0 spiro atoms. The molecule has 2 aromatic rings. The summed E-state index contributed by atoms with van der Waals surface area (Å²) in [5, 5.41) is 13.7. The maximum atomic E-state index is 11.8. The van der Waals surface area contributed by atoms with E-state index in [-0.39, 0.29) is 11.2 Å². The summed E-state index contributed by atoms with van der Waals surface area (Å²) in [6.07, 6.45) is 1.56. The van der Waals surface area contributed by atoms with Gasteiger partial charge in [-0.3, -0.25) is 4.79 Å². The van der Waals surface area contributed by atoms with Crippen molar-refractivity contribution >= 4 is 11.5 Å². The summed E-state index contributed by atoms with van der Waals surface area (Å²) in [6.45, 7) is 1.71. The molecule has 0 aromatic carbocycles. The van der Waals surface area contributed by atoms with Crippen LogP contribution < -0.4 is 5.56 Å². The van der Waals surface area contributed by atoms with Gasteiger partial charge >= 0.3 is 5.97 Å². The highest BCUT2D eigenvalue weighted by Crippen LogP contribution is 2.21. The van der Waals surface area contributed by atoms with E-state index >= 15 is 0 Å². The Balaban J connectivity index is 2.92. The van der Waals surface area contributed by atoms with Gasteiger partial charge in [0.25, 0.3) is 5.56 Å². The first-order valence-corrected chi connectivity index (χ1v) is 4.83. The summed E-state index contributed by atoms with van der Waals surface area (Å²) in [7, 11) is 2.73. The molecule has 0 unspecified atom stereocenters. The van der Waals surface area contributed by atoms with Gasteiger partial charge in [-0.25, -0.2) is 9.31 Å². The fourth-order valence-corrected chi connectivity index (χ4v) is 1.65. The zero-order valence-corrected chi connectivity index (χ0v) is 9.59. The molecule has 0 saturated heterocycles. The van der Waals surface area contributed by atoms with Gasteiger partial charge in [-0.1, -0.05) is 0 Å². The fraction of sp³-hybridized carbons (Fsp3) is 0.300. The standard InChI is InChI=1S/C10H11N3O4/c1-5-4-12(2)9(15)7-8(14)6(10(16)17-3)11-13(5)7/h4,14H,1-3H3. The highest BCUT2D eigenvalue weighted by atomic mass is 16.5. The molecule has 0 bridgehead atoms. The number of hydrogen-bond donors (Lipinski definition) is 1. The number of esters is 1. The largest absolute Gasteiger partial charge is 0.503 e. The average Bonchev–Trinajstić information content (AvgIpc) is 2.64. The van der Waals surface area contributed by atoms with Gasteiger partial charge < -0.3 is 14.4 Å². The maximum absolute atomic E-state index is 11.8. The second kappa shape index (κ2) is 3.62. The van der Waals surface area contributed by atoms with Gasteiger partial charge in [0.2, 0.25) is 5.69 Å². The van der Waals surface area contributed by atoms with E-state index in [0.717, 1.165) is 0 Å². The quantitative estimate of drug-likeness (QED) is 0.696. The third-order valence-corrected chi connectivity index (χ3v) is 2.48. The average molecular weight is 237 g/mol. The lowest BCUT2D eigenvalue weighted by Crippen LogP contribution is -2.19. The van der Waals surface area contributed by atoms with Crippen molar-refractivity contribution in [2.45, 2.75) is 6.92 Å². The topological polar surface area (TPSA) is 85.8 Å². The SMILES string of the molecule is COC(=O)c1nn2c(C)cn(C)c(=O)c2c1O. The van der Waals surface area contributed by atoms with Crippen LogP contribution in [0.3, 0.4) is 0 Å². The van der Waals surface area contributed by atoms with Crippen molar-refractivity contribution in [3.63, 3.8) is 0 Å². The van der Waals surface area contributed by atoms with E-state index in [4.69, 9.17) is 0 Å². The van der Waals surface area contributed by atoms with Crippen LogP contribution in [0, 0.1) is 6.92 Å². The van der Waals surface area contributed by atoms with E-state index in [1.165, 1.54) is 16.2 Å². The number of aryl methyl sites for hydroxylation is 2. The van der Waals surface area contributed by atoms with Crippen molar-refractivity contribution in [1.82, 2.24) is 14.2 Å². The third kappa shape index (κ3) is 1.47. The van der Waals surface area contributed by atoms with Gasteiger partial charge in [-0.15, -0.1) is 0 Å². The van der Waals surface area contributed by atoms with Gasteiger partial charge in [0, 0.05) is 13.2 Å². The van der Waals surface area contributed by atoms with Crippen molar-refractivity contribution in [3.8, 4) is 5.75 Å². The summed E-state index contributed by atoms with van der Waals surface area (Å²) in [4.78, 5) is 23.2. The Kier molecular flexibility index (Phi) is 2.38. The molecule has 0 aliphatic heterocycles. The third-order valence-electron chi connectivity index (χ3n) is 2.48. The highest BCUT2D eigenvalue weighted by Gasteiger charge is 2.22. The molecule has 17 heavy (non-hydrogen) atoms. The van der Waals surface area contributed by atoms with Crippen LogP contribution in [-0.4, -0.2) is 32.4 Å². The van der Waals surface area contributed by atoms with Gasteiger partial charge in [-0.2, -0.15) is 5.10 Å². The van der Waals surface area contributed by atoms with Crippen molar-refractivity contribution < 1.29 is 14.6 Å². The number of carbonyl (C=O) groups is 1. The predicted molar refractivity (Wildman–Crippen MR) is 58.2 cm³/mol. The van der Waals surface area contributed by atoms with Crippen molar-refractivity contribution in [2.75, 3.05) is 7.11 Å². The smallest absolute Gasteiger partial charge is 0.362 e. The number of hydrogen-bond acceptors (Lipinski definition) is 5. The molecule has 2 heterocycles. The Morgan fingerprint density at radius 2 is 2.18 bits per heavy atom. The van der Waals surface area contributed by atoms with Crippen LogP contribution in [0.4, 0.5) is 0 Å².